The number of pyridine rings is 1. The van der Waals surface area contributed by atoms with E-state index in [1.54, 1.807) is 6.20 Å². The van der Waals surface area contributed by atoms with Gasteiger partial charge in [-0.15, -0.1) is 0 Å². The van der Waals surface area contributed by atoms with Gasteiger partial charge < -0.3 is 10.4 Å². The molecule has 0 spiro atoms. The number of hydrogen-bond acceptors (Lipinski definition) is 3. The molecule has 4 nitrogen and oxygen atoms in total. The molecule has 1 aromatic heterocycles. The van der Waals surface area contributed by atoms with E-state index in [1.807, 2.05) is 25.1 Å². The predicted octanol–water partition coefficient (Wildman–Crippen LogP) is 6.35. The van der Waals surface area contributed by atoms with Gasteiger partial charge in [0.1, 0.15) is 0 Å². The van der Waals surface area contributed by atoms with E-state index >= 15 is 0 Å². The maximum absolute atomic E-state index is 13.1. The highest BCUT2D eigenvalue weighted by molar-refractivity contribution is 6.04. The summed E-state index contributed by atoms with van der Waals surface area (Å²) in [6, 6.07) is 10.2. The number of aliphatic hydroxyl groups is 1. The summed E-state index contributed by atoms with van der Waals surface area (Å²) in [6.07, 6.45) is 14.0. The van der Waals surface area contributed by atoms with Crippen LogP contribution in [0.15, 0.2) is 36.5 Å². The van der Waals surface area contributed by atoms with Gasteiger partial charge in [0.25, 0.3) is 5.91 Å². The maximum atomic E-state index is 13.1. The van der Waals surface area contributed by atoms with Crippen LogP contribution in [0.1, 0.15) is 98.3 Å². The highest BCUT2D eigenvalue weighted by atomic mass is 16.3. The van der Waals surface area contributed by atoms with Crippen LogP contribution in [0.2, 0.25) is 0 Å². The van der Waals surface area contributed by atoms with E-state index in [4.69, 9.17) is 0 Å². The molecule has 0 radical (unpaired) electrons. The Morgan fingerprint density at radius 1 is 1.21 bits per heavy atom. The number of amides is 1. The monoisotopic (exact) mass is 446 g/mol. The lowest BCUT2D eigenvalue weighted by atomic mass is 9.55. The molecule has 2 fully saturated rings. The Hall–Kier alpha value is -2.20. The van der Waals surface area contributed by atoms with Crippen LogP contribution in [0.25, 0.3) is 0 Å². The second-order valence-electron chi connectivity index (χ2n) is 11.0. The van der Waals surface area contributed by atoms with Crippen molar-refractivity contribution >= 4 is 11.6 Å². The van der Waals surface area contributed by atoms with Crippen molar-refractivity contribution in [3.8, 4) is 0 Å². The molecule has 1 heterocycles. The molecule has 2 N–H and O–H groups in total. The molecule has 2 aromatic rings. The van der Waals surface area contributed by atoms with E-state index in [2.05, 4.69) is 29.4 Å². The quantitative estimate of drug-likeness (QED) is 0.544. The van der Waals surface area contributed by atoms with Gasteiger partial charge in [-0.1, -0.05) is 32.3 Å². The average molecular weight is 447 g/mol. The first-order chi connectivity index (χ1) is 15.9. The number of carbonyl (C=O) groups excluding carboxylic acids is 1. The Balaban J connectivity index is 1.46. The van der Waals surface area contributed by atoms with E-state index < -0.39 is 5.60 Å². The van der Waals surface area contributed by atoms with E-state index in [0.29, 0.717) is 5.92 Å². The van der Waals surface area contributed by atoms with Crippen LogP contribution in [0.3, 0.4) is 0 Å². The first-order valence-electron chi connectivity index (χ1n) is 13.0. The minimum Gasteiger partial charge on any atom is -0.390 e. The smallest absolute Gasteiger partial charge is 0.255 e. The van der Waals surface area contributed by atoms with Crippen molar-refractivity contribution in [1.82, 2.24) is 4.98 Å². The standard InChI is InChI=1S/C29H38N2O2/c1-3-13-28(33)14-15-29(18-21-9-10-21)24(19-28)7-4-6-22-17-23(11-12-25(22)29)27(32)31-26-8-5-16-30-20(26)2/h5,8,11-12,16-17,21,24,33H,3-4,6-7,9-10,13-15,18-19H2,1-2H3,(H,31,32)/t24-,28+,29+/m1/s1. The largest absolute Gasteiger partial charge is 0.390 e. The number of rotatable bonds is 6. The van der Waals surface area contributed by atoms with Gasteiger partial charge in [-0.05, 0) is 111 Å². The number of anilines is 1. The van der Waals surface area contributed by atoms with E-state index in [-0.39, 0.29) is 11.3 Å². The molecule has 0 unspecified atom stereocenters. The van der Waals surface area contributed by atoms with Crippen LogP contribution in [-0.2, 0) is 11.8 Å². The van der Waals surface area contributed by atoms with Crippen LogP contribution in [-0.4, -0.2) is 21.6 Å². The zero-order valence-electron chi connectivity index (χ0n) is 20.2. The zero-order chi connectivity index (χ0) is 23.1. The number of nitrogens with one attached hydrogen (secondary N) is 1. The number of hydrogen-bond donors (Lipinski definition) is 2. The van der Waals surface area contributed by atoms with Gasteiger partial charge in [0.2, 0.25) is 0 Å². The van der Waals surface area contributed by atoms with Gasteiger partial charge >= 0.3 is 0 Å². The third-order valence-corrected chi connectivity index (χ3v) is 8.67. The Kier molecular flexibility index (Phi) is 6.07. The maximum Gasteiger partial charge on any atom is 0.255 e. The van der Waals surface area contributed by atoms with E-state index in [1.165, 1.54) is 36.8 Å². The number of fused-ring (bicyclic) bond motifs is 3. The van der Waals surface area contributed by atoms with E-state index in [0.717, 1.165) is 67.8 Å². The molecule has 0 bridgehead atoms. The summed E-state index contributed by atoms with van der Waals surface area (Å²) in [5.74, 6) is 1.32. The van der Waals surface area contributed by atoms with Gasteiger partial charge in [0.15, 0.2) is 0 Å². The average Bonchev–Trinajstić information content (AvgIpc) is 3.62. The Morgan fingerprint density at radius 3 is 2.82 bits per heavy atom. The molecule has 3 aliphatic carbocycles. The molecule has 3 aliphatic rings. The van der Waals surface area contributed by atoms with Gasteiger partial charge in [0.05, 0.1) is 17.0 Å². The first kappa shape index (κ1) is 22.6. The molecule has 0 aliphatic heterocycles. The van der Waals surface area contributed by atoms with Crippen molar-refractivity contribution < 1.29 is 9.90 Å². The SMILES string of the molecule is CCC[C@]1(O)CC[C@@]2(CC3CC3)c3ccc(C(=O)Nc4cccnc4C)cc3CCC[C@@H]2C1. The zero-order valence-corrected chi connectivity index (χ0v) is 20.2. The third-order valence-electron chi connectivity index (χ3n) is 8.67. The summed E-state index contributed by atoms with van der Waals surface area (Å²) in [7, 11) is 0. The van der Waals surface area contributed by atoms with Crippen LogP contribution >= 0.6 is 0 Å². The minimum absolute atomic E-state index is 0.0631. The molecule has 2 saturated carbocycles. The summed E-state index contributed by atoms with van der Waals surface area (Å²) < 4.78 is 0. The topological polar surface area (TPSA) is 62.2 Å². The first-order valence-corrected chi connectivity index (χ1v) is 13.0. The van der Waals surface area contributed by atoms with Crippen molar-refractivity contribution in [2.75, 3.05) is 5.32 Å². The number of nitrogens with zero attached hydrogens (tertiary/aromatic N) is 1. The molecule has 33 heavy (non-hydrogen) atoms. The lowest BCUT2D eigenvalue weighted by Gasteiger charge is -2.51. The van der Waals surface area contributed by atoms with Gasteiger partial charge in [0, 0.05) is 11.8 Å². The summed E-state index contributed by atoms with van der Waals surface area (Å²) in [5.41, 5.74) is 4.84. The number of aromatic nitrogens is 1. The fraction of sp³-hybridized carbons (Fsp3) is 0.586. The summed E-state index contributed by atoms with van der Waals surface area (Å²) in [6.45, 7) is 4.10. The van der Waals surface area contributed by atoms with E-state index in [9.17, 15) is 9.90 Å². The third kappa shape index (κ3) is 4.47. The van der Waals surface area contributed by atoms with Crippen LogP contribution in [0.4, 0.5) is 5.69 Å². The van der Waals surface area contributed by atoms with Crippen molar-refractivity contribution in [2.45, 2.75) is 95.5 Å². The summed E-state index contributed by atoms with van der Waals surface area (Å²) in [4.78, 5) is 17.4. The Bertz CT molecular complexity index is 1030. The predicted molar refractivity (Wildman–Crippen MR) is 133 cm³/mol. The second-order valence-corrected chi connectivity index (χ2v) is 11.0. The van der Waals surface area contributed by atoms with Crippen LogP contribution in [0.5, 0.6) is 0 Å². The molecular weight excluding hydrogens is 408 g/mol. The molecule has 176 valence electrons. The van der Waals surface area contributed by atoms with Crippen LogP contribution in [0, 0.1) is 18.8 Å². The van der Waals surface area contributed by atoms with Gasteiger partial charge in [-0.2, -0.15) is 0 Å². The molecule has 5 rings (SSSR count). The molecule has 0 saturated heterocycles. The second kappa shape index (κ2) is 8.87. The van der Waals surface area contributed by atoms with Crippen molar-refractivity contribution in [2.24, 2.45) is 11.8 Å². The Morgan fingerprint density at radius 2 is 2.06 bits per heavy atom. The molecule has 4 heteroatoms. The van der Waals surface area contributed by atoms with Crippen molar-refractivity contribution in [3.05, 3.63) is 58.9 Å². The molecular formula is C29H38N2O2. The van der Waals surface area contributed by atoms with Crippen molar-refractivity contribution in [1.29, 1.82) is 0 Å². The lowest BCUT2D eigenvalue weighted by molar-refractivity contribution is -0.0562. The summed E-state index contributed by atoms with van der Waals surface area (Å²) >= 11 is 0. The fourth-order valence-corrected chi connectivity index (χ4v) is 6.83. The lowest BCUT2D eigenvalue weighted by Crippen LogP contribution is -2.48. The van der Waals surface area contributed by atoms with Gasteiger partial charge in [-0.25, -0.2) is 0 Å². The number of aryl methyl sites for hydroxylation is 2. The normalized spacial score (nSPS) is 29.0. The Labute approximate surface area is 198 Å². The summed E-state index contributed by atoms with van der Waals surface area (Å²) in [5, 5.41) is 14.4. The highest BCUT2D eigenvalue weighted by Crippen LogP contribution is 2.57. The van der Waals surface area contributed by atoms with Crippen molar-refractivity contribution in [3.63, 3.8) is 0 Å². The highest BCUT2D eigenvalue weighted by Gasteiger charge is 2.52. The number of carbonyl (C=O) groups is 1. The molecule has 3 atom stereocenters. The minimum atomic E-state index is -0.488. The fourth-order valence-electron chi connectivity index (χ4n) is 6.83. The van der Waals surface area contributed by atoms with Gasteiger partial charge in [-0.3, -0.25) is 9.78 Å². The van der Waals surface area contributed by atoms with Crippen LogP contribution < -0.4 is 5.32 Å². The molecule has 1 aromatic carbocycles. The molecule has 1 amide bonds. The number of benzene rings is 1.